The molecule has 2 aromatic heterocycles. The molecular formula is C24H24FN5O5S. The quantitative estimate of drug-likeness (QED) is 0.277. The van der Waals surface area contributed by atoms with Gasteiger partial charge in [-0.2, -0.15) is 13.1 Å². The summed E-state index contributed by atoms with van der Waals surface area (Å²) in [7, 11) is -3.99. The molecule has 4 N–H and O–H groups in total. The van der Waals surface area contributed by atoms with Gasteiger partial charge >= 0.3 is 11.6 Å². The molecule has 1 aliphatic rings. The minimum absolute atomic E-state index is 0.0486. The lowest BCUT2D eigenvalue weighted by molar-refractivity contribution is 0.440. The predicted molar refractivity (Wildman–Crippen MR) is 132 cm³/mol. The largest absolute Gasteiger partial charge is 0.424 e. The zero-order valence-electron chi connectivity index (χ0n) is 19.3. The second-order valence-electron chi connectivity index (χ2n) is 8.14. The highest BCUT2D eigenvalue weighted by Gasteiger charge is 2.28. The van der Waals surface area contributed by atoms with E-state index in [4.69, 9.17) is 14.9 Å². The third-order valence-corrected chi connectivity index (χ3v) is 6.54. The van der Waals surface area contributed by atoms with Gasteiger partial charge in [0.15, 0.2) is 0 Å². The first kappa shape index (κ1) is 25.1. The Balaban J connectivity index is 1.63. The highest BCUT2D eigenvalue weighted by molar-refractivity contribution is 7.87. The predicted octanol–water partition coefficient (Wildman–Crippen LogP) is 3.02. The van der Waals surface area contributed by atoms with Gasteiger partial charge in [-0.05, 0) is 61.4 Å². The van der Waals surface area contributed by atoms with Gasteiger partial charge in [-0.15, -0.1) is 0 Å². The lowest BCUT2D eigenvalue weighted by Gasteiger charge is -2.13. The van der Waals surface area contributed by atoms with Crippen LogP contribution in [-0.2, 0) is 16.6 Å². The molecule has 1 fully saturated rings. The van der Waals surface area contributed by atoms with Crippen LogP contribution in [0.1, 0.15) is 24.0 Å². The van der Waals surface area contributed by atoms with Crippen LogP contribution in [0.5, 0.6) is 11.8 Å². The number of rotatable bonds is 10. The van der Waals surface area contributed by atoms with Gasteiger partial charge in [0.05, 0.1) is 5.70 Å². The van der Waals surface area contributed by atoms with E-state index in [1.807, 2.05) is 0 Å². The van der Waals surface area contributed by atoms with Crippen LogP contribution in [0.3, 0.4) is 0 Å². The number of fused-ring (bicyclic) bond motifs is 1. The highest BCUT2D eigenvalue weighted by atomic mass is 32.2. The number of aryl methyl sites for hydroxylation is 1. The Kier molecular flexibility index (Phi) is 7.17. The second kappa shape index (κ2) is 10.3. The molecule has 36 heavy (non-hydrogen) atoms. The molecule has 0 aliphatic heterocycles. The normalized spacial score (nSPS) is 14.6. The van der Waals surface area contributed by atoms with Gasteiger partial charge in [-0.3, -0.25) is 4.72 Å². The number of nitrogens with two attached hydrogens (primary N) is 1. The fourth-order valence-electron chi connectivity index (χ4n) is 3.45. The van der Waals surface area contributed by atoms with E-state index in [0.717, 1.165) is 19.0 Å². The van der Waals surface area contributed by atoms with E-state index in [9.17, 15) is 13.2 Å². The molecule has 0 amide bonds. The molecule has 10 nitrogen and oxygen atoms in total. The van der Waals surface area contributed by atoms with E-state index in [1.54, 1.807) is 25.1 Å². The van der Waals surface area contributed by atoms with Gasteiger partial charge in [-0.1, -0.05) is 6.58 Å². The van der Waals surface area contributed by atoms with Crippen LogP contribution < -0.4 is 25.5 Å². The zero-order chi connectivity index (χ0) is 25.9. The van der Waals surface area contributed by atoms with Crippen LogP contribution in [0.4, 0.5) is 4.39 Å². The first-order valence-electron chi connectivity index (χ1n) is 10.9. The number of nitrogens with one attached hydrogen (secondary N) is 2. The molecule has 0 atom stereocenters. The van der Waals surface area contributed by atoms with Crippen molar-refractivity contribution in [2.24, 2.45) is 5.73 Å². The van der Waals surface area contributed by atoms with E-state index in [-0.39, 0.29) is 35.2 Å². The van der Waals surface area contributed by atoms with Gasteiger partial charge in [0.25, 0.3) is 10.2 Å². The summed E-state index contributed by atoms with van der Waals surface area (Å²) >= 11 is 0. The van der Waals surface area contributed by atoms with E-state index in [2.05, 4.69) is 26.0 Å². The Bertz CT molecular complexity index is 1530. The fourth-order valence-corrected chi connectivity index (χ4v) is 4.60. The van der Waals surface area contributed by atoms with E-state index in [0.29, 0.717) is 16.7 Å². The van der Waals surface area contributed by atoms with Gasteiger partial charge in [0.2, 0.25) is 0 Å². The molecule has 12 heteroatoms. The molecule has 0 spiro atoms. The average molecular weight is 514 g/mol. The molecule has 1 saturated carbocycles. The Hall–Kier alpha value is -4.03. The molecule has 3 aromatic rings. The number of nitrogens with zero attached hydrogens (tertiary/aromatic N) is 2. The Morgan fingerprint density at radius 3 is 2.72 bits per heavy atom. The van der Waals surface area contributed by atoms with Crippen molar-refractivity contribution in [2.45, 2.75) is 32.2 Å². The fraction of sp³-hybridized carbons (Fsp3) is 0.208. The van der Waals surface area contributed by atoms with Crippen molar-refractivity contribution in [1.29, 1.82) is 0 Å². The number of hydrogen-bond acceptors (Lipinski definition) is 8. The van der Waals surface area contributed by atoms with Crippen LogP contribution in [0, 0.1) is 6.92 Å². The van der Waals surface area contributed by atoms with Crippen molar-refractivity contribution >= 4 is 21.2 Å². The lowest BCUT2D eigenvalue weighted by Crippen LogP contribution is -2.37. The molecule has 0 radical (unpaired) electrons. The van der Waals surface area contributed by atoms with Crippen molar-refractivity contribution < 1.29 is 22.0 Å². The summed E-state index contributed by atoms with van der Waals surface area (Å²) in [5.74, 6) is -0.589. The summed E-state index contributed by atoms with van der Waals surface area (Å²) in [5, 5.41) is 0.607. The summed E-state index contributed by atoms with van der Waals surface area (Å²) in [5.41, 5.74) is 5.26. The Morgan fingerprint density at radius 2 is 2.06 bits per heavy atom. The Morgan fingerprint density at radius 1 is 1.33 bits per heavy atom. The molecule has 188 valence electrons. The van der Waals surface area contributed by atoms with Crippen LogP contribution in [0.15, 0.2) is 81.8 Å². The van der Waals surface area contributed by atoms with Crippen LogP contribution in [0.2, 0.25) is 0 Å². The zero-order valence-corrected chi connectivity index (χ0v) is 20.1. The second-order valence-corrected chi connectivity index (χ2v) is 9.58. The minimum atomic E-state index is -3.99. The monoisotopic (exact) mass is 513 g/mol. The maximum absolute atomic E-state index is 15.2. The lowest BCUT2D eigenvalue weighted by atomic mass is 9.98. The maximum Gasteiger partial charge on any atom is 0.340 e. The molecule has 0 bridgehead atoms. The van der Waals surface area contributed by atoms with E-state index in [1.165, 1.54) is 24.5 Å². The summed E-state index contributed by atoms with van der Waals surface area (Å²) in [6.45, 7) is 5.19. The van der Waals surface area contributed by atoms with Gasteiger partial charge in [0, 0.05) is 41.9 Å². The number of halogens is 1. The van der Waals surface area contributed by atoms with Gasteiger partial charge in [0.1, 0.15) is 17.2 Å². The van der Waals surface area contributed by atoms with Crippen LogP contribution >= 0.6 is 0 Å². The van der Waals surface area contributed by atoms with Crippen molar-refractivity contribution in [3.8, 4) is 11.8 Å². The summed E-state index contributed by atoms with van der Waals surface area (Å²) in [6.07, 6.45) is 6.62. The number of hydrogen-bond donors (Lipinski definition) is 3. The van der Waals surface area contributed by atoms with Crippen LogP contribution in [0.25, 0.3) is 11.0 Å². The van der Waals surface area contributed by atoms with Crippen molar-refractivity contribution in [3.05, 3.63) is 94.2 Å². The topological polar surface area (TPSA) is 149 Å². The van der Waals surface area contributed by atoms with E-state index >= 15 is 4.39 Å². The number of benzene rings is 1. The molecule has 0 saturated heterocycles. The van der Waals surface area contributed by atoms with Crippen LogP contribution in [-0.4, -0.2) is 24.4 Å². The standard InChI is InChI=1S/C24H24FN5O5S/c1-14-19-7-6-18(34-24-27-10-3-11-28-24)13-21(19)35-23(31)20(14)12-16(8-9-26)22(25)15(2)29-36(32,33)30-17-4-5-17/h3,6-11,13,17,29-30H,2,4-5,12,26H2,1H3/b9-8-,22-16-. The maximum atomic E-state index is 15.2. The first-order valence-corrected chi connectivity index (χ1v) is 12.4. The highest BCUT2D eigenvalue weighted by Crippen LogP contribution is 2.28. The molecule has 1 aromatic carbocycles. The number of aromatic nitrogens is 2. The summed E-state index contributed by atoms with van der Waals surface area (Å²) < 4.78 is 55.0. The third kappa shape index (κ3) is 5.96. The summed E-state index contributed by atoms with van der Waals surface area (Å²) in [4.78, 5) is 20.8. The molecule has 2 heterocycles. The van der Waals surface area contributed by atoms with Crippen molar-refractivity contribution in [1.82, 2.24) is 19.4 Å². The van der Waals surface area contributed by atoms with Crippen molar-refractivity contribution in [2.75, 3.05) is 0 Å². The molecular weight excluding hydrogens is 489 g/mol. The smallest absolute Gasteiger partial charge is 0.340 e. The first-order chi connectivity index (χ1) is 17.2. The number of allylic oxidation sites excluding steroid dienone is 3. The van der Waals surface area contributed by atoms with Gasteiger partial charge < -0.3 is 14.9 Å². The SMILES string of the molecule is C=C(NS(=O)(=O)NC1CC1)/C(F)=C(\C=C/N)Cc1c(C)c2ccc(Oc3ncccn3)cc2oc1=O. The van der Waals surface area contributed by atoms with E-state index < -0.39 is 27.4 Å². The third-order valence-electron chi connectivity index (χ3n) is 5.38. The number of ether oxygens (including phenoxy) is 1. The molecule has 1 aliphatic carbocycles. The molecule has 0 unspecified atom stereocenters. The average Bonchev–Trinajstić information content (AvgIpc) is 3.64. The summed E-state index contributed by atoms with van der Waals surface area (Å²) in [6, 6.07) is 6.51. The van der Waals surface area contributed by atoms with Crippen molar-refractivity contribution in [3.63, 3.8) is 0 Å². The van der Waals surface area contributed by atoms with Gasteiger partial charge in [-0.25, -0.2) is 19.2 Å². The Labute approximate surface area is 206 Å². The minimum Gasteiger partial charge on any atom is -0.424 e. The molecule has 4 rings (SSSR count).